The van der Waals surface area contributed by atoms with Crippen molar-refractivity contribution in [1.29, 1.82) is 0 Å². The zero-order chi connectivity index (χ0) is 9.83. The van der Waals surface area contributed by atoms with Gasteiger partial charge in [0.05, 0.1) is 10.0 Å². The first-order valence-electron chi connectivity index (χ1n) is 2.21. The van der Waals surface area contributed by atoms with Gasteiger partial charge in [0, 0.05) is 6.26 Å². The van der Waals surface area contributed by atoms with E-state index in [4.69, 9.17) is 0 Å². The zero-order valence-corrected chi connectivity index (χ0v) is 7.16. The minimum Gasteiger partial charge on any atom is -0.466 e. The van der Waals surface area contributed by atoms with Gasteiger partial charge in [-0.2, -0.15) is 4.33 Å². The average Bonchev–Trinajstić information content (AvgIpc) is 1.76. The van der Waals surface area contributed by atoms with E-state index >= 15 is 0 Å². The van der Waals surface area contributed by atoms with Gasteiger partial charge in [0.1, 0.15) is 0 Å². The van der Waals surface area contributed by atoms with Gasteiger partial charge in [0.15, 0.2) is 0 Å². The second kappa shape index (κ2) is 4.28. The van der Waals surface area contributed by atoms with Crippen LogP contribution in [-0.2, 0) is 19.2 Å². The lowest BCUT2D eigenvalue weighted by molar-refractivity contribution is -0.439. The molecular weight excluding hydrogens is 223 g/mol. The maximum absolute atomic E-state index is 11.1. The second-order valence-corrected chi connectivity index (χ2v) is 3.83. The summed E-state index contributed by atoms with van der Waals surface area (Å²) >= 11 is -0.318. The highest BCUT2D eigenvalue weighted by Crippen LogP contribution is 2.23. The second-order valence-electron chi connectivity index (χ2n) is 1.48. The van der Waals surface area contributed by atoms with E-state index in [0.717, 1.165) is 0 Å². The molecule has 0 rings (SSSR count). The minimum atomic E-state index is -4.97. The first kappa shape index (κ1) is 12.0. The van der Waals surface area contributed by atoms with Crippen LogP contribution in [-0.4, -0.2) is 21.0 Å². The normalized spacial score (nSPS) is 13.3. The predicted octanol–water partition coefficient (Wildman–Crippen LogP) is 1.35. The molecule has 0 aliphatic rings. The molecule has 0 heterocycles. The van der Waals surface area contributed by atoms with Crippen LogP contribution in [0.25, 0.3) is 4.13 Å². The van der Waals surface area contributed by atoms with Gasteiger partial charge in [-0.3, -0.25) is 0 Å². The zero-order valence-electron chi connectivity index (χ0n) is 5.53. The molecule has 0 amide bonds. The lowest BCUT2D eigenvalue weighted by Gasteiger charge is -2.14. The number of hydrogen-bond donors (Lipinski definition) is 0. The van der Waals surface area contributed by atoms with Crippen LogP contribution < -0.4 is 0 Å². The Kier molecular flexibility index (Phi) is 4.26. The summed E-state index contributed by atoms with van der Waals surface area (Å²) in [6.45, 7) is 0. The molecule has 0 radical (unpaired) electrons. The minimum absolute atomic E-state index is 0.318. The molecule has 0 N–H and O–H groups in total. The Labute approximate surface area is 70.5 Å². The number of sulfonamides is 1. The van der Waals surface area contributed by atoms with E-state index in [0.29, 0.717) is 6.26 Å². The van der Waals surface area contributed by atoms with E-state index in [-0.39, 0.29) is 12.2 Å². The maximum Gasteiger partial charge on any atom is 0.550 e. The molecule has 10 heteroatoms. The van der Waals surface area contributed by atoms with Gasteiger partial charge < -0.3 is 4.13 Å². The fourth-order valence-corrected chi connectivity index (χ4v) is 0.771. The van der Waals surface area contributed by atoms with E-state index in [9.17, 15) is 21.6 Å². The molecule has 0 saturated heterocycles. The van der Waals surface area contributed by atoms with E-state index in [1.807, 2.05) is 0 Å². The number of alkyl halides is 3. The summed E-state index contributed by atoms with van der Waals surface area (Å²) in [6, 6.07) is 0. The van der Waals surface area contributed by atoms with E-state index in [1.54, 1.807) is 0 Å². The molecule has 12 heavy (non-hydrogen) atoms. The van der Waals surface area contributed by atoms with Crippen LogP contribution in [0.3, 0.4) is 0 Å². The molecular formula is C2H3F3NO4S2-. The third kappa shape index (κ3) is 9.97. The number of rotatable bonds is 4. The highest BCUT2D eigenvalue weighted by atomic mass is 32.3. The van der Waals surface area contributed by atoms with Crippen LogP contribution in [0.1, 0.15) is 0 Å². The fourth-order valence-electron chi connectivity index (χ4n) is 0.121. The highest BCUT2D eigenvalue weighted by Gasteiger charge is 2.30. The molecule has 0 aliphatic heterocycles. The fraction of sp³-hybridized carbons (Fsp3) is 1.00. The third-order valence-electron chi connectivity index (χ3n) is 0.325. The molecule has 0 atom stereocenters. The number of nitrogens with zero attached hydrogens (tertiary/aromatic N) is 1. The molecule has 0 unspecified atom stereocenters. The Morgan fingerprint density at radius 3 is 2.25 bits per heavy atom. The molecule has 5 nitrogen and oxygen atoms in total. The summed E-state index contributed by atoms with van der Waals surface area (Å²) in [6.07, 6.45) is -4.28. The lowest BCUT2D eigenvalue weighted by atomic mass is 11.4. The van der Waals surface area contributed by atoms with Gasteiger partial charge in [-0.25, -0.2) is 8.42 Å². The van der Waals surface area contributed by atoms with Gasteiger partial charge in [-0.15, -0.1) is 18.1 Å². The van der Waals surface area contributed by atoms with Crippen LogP contribution in [0.15, 0.2) is 0 Å². The van der Waals surface area contributed by atoms with Gasteiger partial charge in [0.2, 0.25) is 0 Å². The van der Waals surface area contributed by atoms with E-state index in [1.165, 1.54) is 0 Å². The number of halogens is 3. The SMILES string of the molecule is CS(=O)(=O)[N-]SOOC(F)(F)F. The Hall–Kier alpha value is -0.0300. The van der Waals surface area contributed by atoms with Crippen molar-refractivity contribution in [3.8, 4) is 0 Å². The monoisotopic (exact) mass is 226 g/mol. The summed E-state index contributed by atoms with van der Waals surface area (Å²) < 4.78 is 59.6. The first-order chi connectivity index (χ1) is 5.21. The van der Waals surface area contributed by atoms with Crippen molar-refractivity contribution >= 4 is 22.3 Å². The molecule has 0 aromatic heterocycles. The Morgan fingerprint density at radius 2 is 1.92 bits per heavy atom. The quantitative estimate of drug-likeness (QED) is 0.238. The molecule has 0 saturated carbocycles. The van der Waals surface area contributed by atoms with Crippen molar-refractivity contribution < 1.29 is 30.8 Å². The first-order valence-corrected chi connectivity index (χ1v) is 4.76. The van der Waals surface area contributed by atoms with Crippen molar-refractivity contribution in [2.75, 3.05) is 6.26 Å². The van der Waals surface area contributed by atoms with Crippen LogP contribution in [0, 0.1) is 0 Å². The van der Waals surface area contributed by atoms with Crippen molar-refractivity contribution in [3.05, 3.63) is 4.13 Å². The van der Waals surface area contributed by atoms with Crippen LogP contribution in [0.2, 0.25) is 0 Å². The standard InChI is InChI=1S/C2H3F3NO4S2/c1-12(7,8)6-11-10-9-2(3,4)5/h1H3/q-1. The number of hydrogen-bond acceptors (Lipinski definition) is 5. The summed E-state index contributed by atoms with van der Waals surface area (Å²) in [5, 5.41) is 0. The molecule has 0 fully saturated rings. The van der Waals surface area contributed by atoms with Gasteiger partial charge >= 0.3 is 6.36 Å². The van der Waals surface area contributed by atoms with E-state index in [2.05, 4.69) is 13.3 Å². The molecule has 0 aliphatic carbocycles. The molecule has 0 aromatic carbocycles. The third-order valence-corrected chi connectivity index (χ3v) is 1.78. The molecule has 74 valence electrons. The maximum atomic E-state index is 11.1. The Morgan fingerprint density at radius 1 is 1.42 bits per heavy atom. The molecule has 0 bridgehead atoms. The Balaban J connectivity index is 3.48. The average molecular weight is 226 g/mol. The van der Waals surface area contributed by atoms with Crippen molar-refractivity contribution in [2.45, 2.75) is 6.36 Å². The molecule has 0 spiro atoms. The summed E-state index contributed by atoms with van der Waals surface area (Å²) in [7, 11) is -3.73. The molecule has 0 aromatic rings. The topological polar surface area (TPSA) is 66.7 Å². The highest BCUT2D eigenvalue weighted by molar-refractivity contribution is 8.13. The van der Waals surface area contributed by atoms with Crippen LogP contribution in [0.5, 0.6) is 0 Å². The van der Waals surface area contributed by atoms with Crippen LogP contribution >= 0.6 is 12.2 Å². The summed E-state index contributed by atoms with van der Waals surface area (Å²) in [5.74, 6) is 0. The van der Waals surface area contributed by atoms with Crippen molar-refractivity contribution in [2.24, 2.45) is 0 Å². The lowest BCUT2D eigenvalue weighted by Crippen LogP contribution is -2.11. The van der Waals surface area contributed by atoms with Crippen LogP contribution in [0.4, 0.5) is 13.2 Å². The summed E-state index contributed by atoms with van der Waals surface area (Å²) in [5.41, 5.74) is 0. The predicted molar refractivity (Wildman–Crippen MR) is 34.0 cm³/mol. The van der Waals surface area contributed by atoms with Gasteiger partial charge in [0.25, 0.3) is 0 Å². The van der Waals surface area contributed by atoms with Crippen molar-refractivity contribution in [1.82, 2.24) is 0 Å². The summed E-state index contributed by atoms with van der Waals surface area (Å²) in [4.78, 5) is 2.73. The van der Waals surface area contributed by atoms with Gasteiger partial charge in [-0.1, -0.05) is 12.2 Å². The smallest absolute Gasteiger partial charge is 0.466 e. The largest absolute Gasteiger partial charge is 0.550 e. The van der Waals surface area contributed by atoms with Crippen molar-refractivity contribution in [3.63, 3.8) is 0 Å². The Bertz CT molecular complexity index is 223. The van der Waals surface area contributed by atoms with Gasteiger partial charge in [-0.05, 0) is 0 Å². The van der Waals surface area contributed by atoms with E-state index < -0.39 is 16.4 Å².